The van der Waals surface area contributed by atoms with Crippen LogP contribution in [0, 0.1) is 6.92 Å². The van der Waals surface area contributed by atoms with Crippen LogP contribution >= 0.6 is 0 Å². The maximum atomic E-state index is 5.22. The number of benzene rings is 1. The number of anilines is 1. The normalized spacial score (nSPS) is 11.4. The topological polar surface area (TPSA) is 91.7 Å². The lowest BCUT2D eigenvalue weighted by Crippen LogP contribution is -2.21. The quantitative estimate of drug-likeness (QED) is 0.382. The Hall–Kier alpha value is -3.61. The van der Waals surface area contributed by atoms with Gasteiger partial charge in [0.2, 0.25) is 0 Å². The first kappa shape index (κ1) is 14.9. The third-order valence-corrected chi connectivity index (χ3v) is 3.78. The summed E-state index contributed by atoms with van der Waals surface area (Å²) in [7, 11) is 0. The van der Waals surface area contributed by atoms with Gasteiger partial charge in [-0.25, -0.2) is 0 Å². The molecule has 3 heterocycles. The van der Waals surface area contributed by atoms with Crippen LogP contribution in [0.1, 0.15) is 11.3 Å². The summed E-state index contributed by atoms with van der Waals surface area (Å²) in [5.41, 5.74) is 10.0. The molecule has 0 saturated heterocycles. The van der Waals surface area contributed by atoms with Crippen LogP contribution in [0.3, 0.4) is 0 Å². The number of hydrazine groups is 1. The summed E-state index contributed by atoms with van der Waals surface area (Å²) >= 11 is 0. The lowest BCUT2D eigenvalue weighted by Gasteiger charge is -2.06. The third-order valence-electron chi connectivity index (χ3n) is 3.78. The summed E-state index contributed by atoms with van der Waals surface area (Å²) in [5.74, 6) is 1.10. The van der Waals surface area contributed by atoms with E-state index in [1.54, 1.807) is 18.4 Å². The maximum Gasteiger partial charge on any atom is 0.263 e. The van der Waals surface area contributed by atoms with Crippen LogP contribution < -0.4 is 10.9 Å². The van der Waals surface area contributed by atoms with E-state index in [4.69, 9.17) is 4.42 Å². The van der Waals surface area contributed by atoms with Crippen molar-refractivity contribution in [1.29, 1.82) is 0 Å². The van der Waals surface area contributed by atoms with Gasteiger partial charge in [0.25, 0.3) is 5.95 Å². The Kier molecular flexibility index (Phi) is 3.66. The van der Waals surface area contributed by atoms with Crippen molar-refractivity contribution in [3.8, 4) is 0 Å². The number of nitrogens with one attached hydrogen (secondary N) is 3. The molecule has 0 spiro atoms. The van der Waals surface area contributed by atoms with Crippen LogP contribution in [-0.2, 0) is 0 Å². The highest BCUT2D eigenvalue weighted by atomic mass is 16.3. The number of nitrogens with zero attached hydrogens (tertiary/aromatic N) is 3. The van der Waals surface area contributed by atoms with Gasteiger partial charge >= 0.3 is 0 Å². The van der Waals surface area contributed by atoms with Gasteiger partial charge in [0.05, 0.1) is 11.8 Å². The number of hydrogen-bond donors (Lipinski definition) is 3. The van der Waals surface area contributed by atoms with E-state index in [-0.39, 0.29) is 0 Å². The van der Waals surface area contributed by atoms with E-state index in [2.05, 4.69) is 37.6 Å². The molecule has 3 aromatic heterocycles. The fourth-order valence-corrected chi connectivity index (χ4v) is 2.54. The molecule has 0 aliphatic carbocycles. The molecule has 25 heavy (non-hydrogen) atoms. The SMILES string of the molecule is C=C(C=Cc1ccco1)NNc1nnc2c(n1)[nH]c1c(C)cccc12. The molecule has 124 valence electrons. The van der Waals surface area contributed by atoms with Crippen LogP contribution in [0.25, 0.3) is 28.1 Å². The molecule has 0 atom stereocenters. The number of para-hydroxylation sites is 1. The van der Waals surface area contributed by atoms with Crippen molar-refractivity contribution in [2.24, 2.45) is 0 Å². The lowest BCUT2D eigenvalue weighted by atomic mass is 10.1. The fourth-order valence-electron chi connectivity index (χ4n) is 2.54. The van der Waals surface area contributed by atoms with Crippen LogP contribution in [-0.4, -0.2) is 20.2 Å². The summed E-state index contributed by atoms with van der Waals surface area (Å²) in [5, 5.41) is 9.38. The number of H-pyrrole nitrogens is 1. The van der Waals surface area contributed by atoms with E-state index in [9.17, 15) is 0 Å². The summed E-state index contributed by atoms with van der Waals surface area (Å²) in [6.07, 6.45) is 5.20. The summed E-state index contributed by atoms with van der Waals surface area (Å²) in [4.78, 5) is 7.74. The van der Waals surface area contributed by atoms with Gasteiger partial charge in [-0.05, 0) is 36.8 Å². The molecule has 0 unspecified atom stereocenters. The second kappa shape index (κ2) is 6.12. The number of fused-ring (bicyclic) bond motifs is 3. The predicted octanol–water partition coefficient (Wildman–Crippen LogP) is 3.55. The molecule has 0 aliphatic heterocycles. The Labute approximate surface area is 143 Å². The minimum absolute atomic E-state index is 0.351. The summed E-state index contributed by atoms with van der Waals surface area (Å²) < 4.78 is 5.22. The average Bonchev–Trinajstić information content (AvgIpc) is 3.26. The second-order valence-corrected chi connectivity index (χ2v) is 5.58. The molecule has 1 aromatic carbocycles. The Bertz CT molecular complexity index is 1080. The first-order valence-electron chi connectivity index (χ1n) is 7.75. The van der Waals surface area contributed by atoms with E-state index in [0.29, 0.717) is 17.3 Å². The van der Waals surface area contributed by atoms with Crippen molar-refractivity contribution in [3.63, 3.8) is 0 Å². The molecule has 4 aromatic rings. The first-order valence-corrected chi connectivity index (χ1v) is 7.75. The number of aromatic nitrogens is 4. The van der Waals surface area contributed by atoms with Gasteiger partial charge < -0.3 is 9.40 Å². The van der Waals surface area contributed by atoms with E-state index in [0.717, 1.165) is 27.7 Å². The molecular weight excluding hydrogens is 316 g/mol. The standard InChI is InChI=1S/C18H16N6O/c1-11-5-3-7-14-15(11)19-17-16(14)22-24-18(20-17)23-21-12(2)8-9-13-6-4-10-25-13/h3-10,21H,2H2,1H3,(H2,19,20,23,24). The number of aromatic amines is 1. The van der Waals surface area contributed by atoms with Crippen molar-refractivity contribution in [1.82, 2.24) is 25.6 Å². The smallest absolute Gasteiger partial charge is 0.263 e. The van der Waals surface area contributed by atoms with Crippen molar-refractivity contribution >= 4 is 34.1 Å². The van der Waals surface area contributed by atoms with Gasteiger partial charge in [-0.2, -0.15) is 4.98 Å². The Balaban J connectivity index is 1.51. The van der Waals surface area contributed by atoms with Gasteiger partial charge in [-0.3, -0.25) is 10.9 Å². The minimum Gasteiger partial charge on any atom is -0.465 e. The number of allylic oxidation sites excluding steroid dienone is 1. The molecule has 7 heteroatoms. The van der Waals surface area contributed by atoms with Gasteiger partial charge in [0, 0.05) is 11.1 Å². The maximum absolute atomic E-state index is 5.22. The van der Waals surface area contributed by atoms with E-state index in [1.165, 1.54) is 0 Å². The molecule has 0 fully saturated rings. The summed E-state index contributed by atoms with van der Waals surface area (Å²) in [6, 6.07) is 9.72. The van der Waals surface area contributed by atoms with Gasteiger partial charge in [-0.1, -0.05) is 24.8 Å². The number of hydrogen-bond acceptors (Lipinski definition) is 6. The van der Waals surface area contributed by atoms with Gasteiger partial charge in [0.15, 0.2) is 5.65 Å². The molecule has 0 radical (unpaired) electrons. The highest BCUT2D eigenvalue weighted by Gasteiger charge is 2.10. The zero-order valence-electron chi connectivity index (χ0n) is 13.6. The zero-order valence-corrected chi connectivity index (χ0v) is 13.6. The molecule has 3 N–H and O–H groups in total. The molecule has 0 bridgehead atoms. The number of furan rings is 1. The van der Waals surface area contributed by atoms with Crippen LogP contribution in [0.15, 0.2) is 59.4 Å². The second-order valence-electron chi connectivity index (χ2n) is 5.58. The minimum atomic E-state index is 0.351. The van der Waals surface area contributed by atoms with Gasteiger partial charge in [0.1, 0.15) is 11.3 Å². The monoisotopic (exact) mass is 332 g/mol. The van der Waals surface area contributed by atoms with E-state index in [1.807, 2.05) is 37.3 Å². The van der Waals surface area contributed by atoms with Crippen molar-refractivity contribution in [2.45, 2.75) is 6.92 Å². The van der Waals surface area contributed by atoms with Crippen molar-refractivity contribution in [3.05, 3.63) is 66.3 Å². The van der Waals surface area contributed by atoms with Crippen molar-refractivity contribution < 1.29 is 4.42 Å². The average molecular weight is 332 g/mol. The van der Waals surface area contributed by atoms with E-state index >= 15 is 0 Å². The zero-order chi connectivity index (χ0) is 17.2. The molecule has 0 amide bonds. The Morgan fingerprint density at radius 2 is 2.16 bits per heavy atom. The molecular formula is C18H16N6O. The van der Waals surface area contributed by atoms with Crippen LogP contribution in [0.5, 0.6) is 0 Å². The highest BCUT2D eigenvalue weighted by Crippen LogP contribution is 2.24. The molecule has 0 saturated carbocycles. The van der Waals surface area contributed by atoms with Gasteiger partial charge in [-0.15, -0.1) is 10.2 Å². The highest BCUT2D eigenvalue weighted by molar-refractivity contribution is 6.04. The van der Waals surface area contributed by atoms with Crippen LogP contribution in [0.4, 0.5) is 5.95 Å². The number of rotatable bonds is 5. The third kappa shape index (κ3) is 2.94. The first-order chi connectivity index (χ1) is 12.2. The summed E-state index contributed by atoms with van der Waals surface area (Å²) in [6.45, 7) is 5.93. The Morgan fingerprint density at radius 1 is 1.24 bits per heavy atom. The molecule has 4 rings (SSSR count). The number of aryl methyl sites for hydroxylation is 1. The van der Waals surface area contributed by atoms with Crippen molar-refractivity contribution in [2.75, 3.05) is 5.43 Å². The fraction of sp³-hybridized carbons (Fsp3) is 0.0556. The largest absolute Gasteiger partial charge is 0.465 e. The predicted molar refractivity (Wildman–Crippen MR) is 97.6 cm³/mol. The molecule has 0 aliphatic rings. The lowest BCUT2D eigenvalue weighted by molar-refractivity contribution is 0.557. The Morgan fingerprint density at radius 3 is 3.00 bits per heavy atom. The van der Waals surface area contributed by atoms with E-state index < -0.39 is 0 Å². The molecule has 7 nitrogen and oxygen atoms in total. The van der Waals surface area contributed by atoms with Crippen LogP contribution in [0.2, 0.25) is 0 Å².